The fourth-order valence-corrected chi connectivity index (χ4v) is 1.77. The van der Waals surface area contributed by atoms with Gasteiger partial charge < -0.3 is 15.2 Å². The highest BCUT2D eigenvalue weighted by Crippen LogP contribution is 2.33. The molecule has 2 N–H and O–H groups in total. The van der Waals surface area contributed by atoms with E-state index in [0.717, 1.165) is 23.3 Å². The summed E-state index contributed by atoms with van der Waals surface area (Å²) < 4.78 is 10.6. The summed E-state index contributed by atoms with van der Waals surface area (Å²) in [5.41, 5.74) is 7.55. The van der Waals surface area contributed by atoms with Gasteiger partial charge in [-0.05, 0) is 24.6 Å². The number of hydrogen-bond donors (Lipinski definition) is 1. The molecule has 3 nitrogen and oxygen atoms in total. The van der Waals surface area contributed by atoms with Gasteiger partial charge in [-0.25, -0.2) is 0 Å². The quantitative estimate of drug-likeness (QED) is 0.814. The lowest BCUT2D eigenvalue weighted by Crippen LogP contribution is -2.15. The second-order valence-electron chi connectivity index (χ2n) is 3.16. The fraction of sp³-hybridized carbons (Fsp3) is 0.400. The van der Waals surface area contributed by atoms with Crippen LogP contribution in [0.1, 0.15) is 11.1 Å². The van der Waals surface area contributed by atoms with Crippen molar-refractivity contribution < 1.29 is 9.47 Å². The molecule has 14 heavy (non-hydrogen) atoms. The average Bonchev–Trinajstić information content (AvgIpc) is 2.23. The summed E-state index contributed by atoms with van der Waals surface area (Å²) in [4.78, 5) is 0. The molecule has 1 aliphatic heterocycles. The number of halogens is 1. The van der Waals surface area contributed by atoms with Crippen LogP contribution in [0.25, 0.3) is 0 Å². The fourth-order valence-electron chi connectivity index (χ4n) is 1.56. The molecule has 1 aromatic rings. The Kier molecular flexibility index (Phi) is 2.91. The molecular formula is C10H12ClNO2. The van der Waals surface area contributed by atoms with Gasteiger partial charge in [0.25, 0.3) is 0 Å². The molecule has 0 saturated heterocycles. The third-order valence-electron chi connectivity index (χ3n) is 2.23. The van der Waals surface area contributed by atoms with E-state index in [-0.39, 0.29) is 0 Å². The summed E-state index contributed by atoms with van der Waals surface area (Å²) in [5, 5.41) is 0.695. The summed E-state index contributed by atoms with van der Waals surface area (Å²) in [6, 6.07) is 3.82. The number of hydrogen-bond acceptors (Lipinski definition) is 3. The molecule has 2 rings (SSSR count). The zero-order valence-corrected chi connectivity index (χ0v) is 8.51. The minimum absolute atomic E-state index is 0.297. The summed E-state index contributed by atoms with van der Waals surface area (Å²) in [6.45, 7) is 1.43. The molecule has 0 amide bonds. The van der Waals surface area contributed by atoms with Crippen molar-refractivity contribution in [3.8, 4) is 5.75 Å². The number of fused-ring (bicyclic) bond motifs is 1. The third-order valence-corrected chi connectivity index (χ3v) is 2.59. The first-order chi connectivity index (χ1) is 6.83. The SMILES string of the molecule is NCCc1ccc(Cl)c2c1OCOC2. The molecule has 0 unspecified atom stereocenters. The summed E-state index contributed by atoms with van der Waals surface area (Å²) in [5.74, 6) is 0.856. The first-order valence-corrected chi connectivity index (χ1v) is 4.91. The van der Waals surface area contributed by atoms with E-state index in [0.29, 0.717) is 25.0 Å². The standard InChI is InChI=1S/C10H12ClNO2/c11-9-2-1-7(3-4-12)10-8(9)5-13-6-14-10/h1-2H,3-6,12H2. The molecule has 0 aliphatic carbocycles. The smallest absolute Gasteiger partial charge is 0.189 e. The van der Waals surface area contributed by atoms with Crippen molar-refractivity contribution in [3.63, 3.8) is 0 Å². The molecular weight excluding hydrogens is 202 g/mol. The van der Waals surface area contributed by atoms with Crippen LogP contribution < -0.4 is 10.5 Å². The van der Waals surface area contributed by atoms with E-state index in [9.17, 15) is 0 Å². The number of nitrogens with two attached hydrogens (primary N) is 1. The van der Waals surface area contributed by atoms with Crippen molar-refractivity contribution in [2.24, 2.45) is 5.73 Å². The molecule has 1 aliphatic rings. The van der Waals surface area contributed by atoms with Gasteiger partial charge in [0.05, 0.1) is 6.61 Å². The Bertz CT molecular complexity index is 341. The van der Waals surface area contributed by atoms with Gasteiger partial charge in [-0.3, -0.25) is 0 Å². The highest BCUT2D eigenvalue weighted by molar-refractivity contribution is 6.31. The molecule has 4 heteroatoms. The van der Waals surface area contributed by atoms with Gasteiger partial charge in [0, 0.05) is 10.6 Å². The van der Waals surface area contributed by atoms with E-state index >= 15 is 0 Å². The van der Waals surface area contributed by atoms with Crippen LogP contribution in [0.3, 0.4) is 0 Å². The zero-order valence-electron chi connectivity index (χ0n) is 7.75. The van der Waals surface area contributed by atoms with E-state index in [2.05, 4.69) is 0 Å². The molecule has 0 bridgehead atoms. The molecule has 0 atom stereocenters. The maximum absolute atomic E-state index is 6.02. The molecule has 0 fully saturated rings. The third kappa shape index (κ3) is 1.71. The Morgan fingerprint density at radius 3 is 3.07 bits per heavy atom. The van der Waals surface area contributed by atoms with Crippen LogP contribution in [0, 0.1) is 0 Å². The van der Waals surface area contributed by atoms with Crippen molar-refractivity contribution in [1.82, 2.24) is 0 Å². The van der Waals surface area contributed by atoms with E-state index in [1.807, 2.05) is 12.1 Å². The predicted molar refractivity (Wildman–Crippen MR) is 54.5 cm³/mol. The van der Waals surface area contributed by atoms with Crippen LogP contribution in [0.4, 0.5) is 0 Å². The van der Waals surface area contributed by atoms with Crippen LogP contribution >= 0.6 is 11.6 Å². The number of rotatable bonds is 2. The van der Waals surface area contributed by atoms with Crippen LogP contribution in [0.5, 0.6) is 5.75 Å². The summed E-state index contributed by atoms with van der Waals surface area (Å²) >= 11 is 6.02. The molecule has 1 heterocycles. The Morgan fingerprint density at radius 1 is 1.43 bits per heavy atom. The Morgan fingerprint density at radius 2 is 2.29 bits per heavy atom. The van der Waals surface area contributed by atoms with Crippen molar-refractivity contribution in [2.45, 2.75) is 13.0 Å². The van der Waals surface area contributed by atoms with Gasteiger partial charge >= 0.3 is 0 Å². The lowest BCUT2D eigenvalue weighted by Gasteiger charge is -2.21. The summed E-state index contributed by atoms with van der Waals surface area (Å²) in [7, 11) is 0. The monoisotopic (exact) mass is 213 g/mol. The van der Waals surface area contributed by atoms with E-state index < -0.39 is 0 Å². The average molecular weight is 214 g/mol. The largest absolute Gasteiger partial charge is 0.467 e. The van der Waals surface area contributed by atoms with E-state index in [1.54, 1.807) is 0 Å². The Hall–Kier alpha value is -0.770. The molecule has 0 spiro atoms. The van der Waals surface area contributed by atoms with Gasteiger partial charge in [-0.1, -0.05) is 17.7 Å². The first-order valence-electron chi connectivity index (χ1n) is 4.54. The highest BCUT2D eigenvalue weighted by Gasteiger charge is 2.17. The molecule has 1 aromatic carbocycles. The minimum atomic E-state index is 0.297. The summed E-state index contributed by atoms with van der Waals surface area (Å²) in [6.07, 6.45) is 0.805. The second kappa shape index (κ2) is 4.17. The Labute approximate surface area is 87.8 Å². The van der Waals surface area contributed by atoms with Crippen molar-refractivity contribution in [2.75, 3.05) is 13.3 Å². The van der Waals surface area contributed by atoms with Gasteiger partial charge in [0.1, 0.15) is 5.75 Å². The van der Waals surface area contributed by atoms with Crippen LogP contribution in [0.2, 0.25) is 5.02 Å². The highest BCUT2D eigenvalue weighted by atomic mass is 35.5. The van der Waals surface area contributed by atoms with Crippen LogP contribution in [0.15, 0.2) is 12.1 Å². The normalized spacial score (nSPS) is 14.7. The first kappa shape index (κ1) is 9.77. The topological polar surface area (TPSA) is 44.5 Å². The molecule has 0 radical (unpaired) electrons. The van der Waals surface area contributed by atoms with E-state index in [1.165, 1.54) is 0 Å². The second-order valence-corrected chi connectivity index (χ2v) is 3.57. The zero-order chi connectivity index (χ0) is 9.97. The van der Waals surface area contributed by atoms with Gasteiger partial charge in [0.2, 0.25) is 0 Å². The number of ether oxygens (including phenoxy) is 2. The lowest BCUT2D eigenvalue weighted by molar-refractivity contribution is -0.0169. The van der Waals surface area contributed by atoms with E-state index in [4.69, 9.17) is 26.8 Å². The van der Waals surface area contributed by atoms with Crippen molar-refractivity contribution in [3.05, 3.63) is 28.3 Å². The van der Waals surface area contributed by atoms with Crippen molar-refractivity contribution in [1.29, 1.82) is 0 Å². The van der Waals surface area contributed by atoms with Crippen molar-refractivity contribution >= 4 is 11.6 Å². The maximum atomic E-state index is 6.02. The molecule has 76 valence electrons. The lowest BCUT2D eigenvalue weighted by atomic mass is 10.1. The molecule has 0 aromatic heterocycles. The minimum Gasteiger partial charge on any atom is -0.467 e. The van der Waals surface area contributed by atoms with Gasteiger partial charge in [0.15, 0.2) is 6.79 Å². The predicted octanol–water partition coefficient (Wildman–Crippen LogP) is 1.71. The number of benzene rings is 1. The Balaban J connectivity index is 2.42. The van der Waals surface area contributed by atoms with Crippen LogP contribution in [-0.2, 0) is 17.8 Å². The van der Waals surface area contributed by atoms with Gasteiger partial charge in [-0.2, -0.15) is 0 Å². The van der Waals surface area contributed by atoms with Crippen LogP contribution in [-0.4, -0.2) is 13.3 Å². The van der Waals surface area contributed by atoms with Gasteiger partial charge in [-0.15, -0.1) is 0 Å². The molecule has 0 saturated carbocycles. The maximum Gasteiger partial charge on any atom is 0.189 e.